The van der Waals surface area contributed by atoms with Gasteiger partial charge < -0.3 is 20.6 Å². The lowest BCUT2D eigenvalue weighted by Gasteiger charge is -2.34. The highest BCUT2D eigenvalue weighted by Crippen LogP contribution is 2.21. The van der Waals surface area contributed by atoms with Crippen LogP contribution in [0.2, 0.25) is 0 Å². The van der Waals surface area contributed by atoms with Crippen molar-refractivity contribution in [2.75, 3.05) is 26.2 Å². The van der Waals surface area contributed by atoms with Gasteiger partial charge in [0.15, 0.2) is 0 Å². The van der Waals surface area contributed by atoms with Gasteiger partial charge in [-0.15, -0.1) is 0 Å². The van der Waals surface area contributed by atoms with E-state index < -0.39 is 10.0 Å². The molecule has 1 fully saturated rings. The molecule has 26 heavy (non-hydrogen) atoms. The van der Waals surface area contributed by atoms with E-state index in [1.807, 2.05) is 6.92 Å². The largest absolute Gasteiger partial charge is 0.340 e. The number of aromatic amines is 2. The summed E-state index contributed by atoms with van der Waals surface area (Å²) in [6, 6.07) is 4.45. The number of nitrogens with two attached hydrogens (primary N) is 1. The molecule has 1 aliphatic rings. The molecular weight excluding hydrogens is 358 g/mol. The van der Waals surface area contributed by atoms with Gasteiger partial charge in [-0.1, -0.05) is 0 Å². The Morgan fingerprint density at radius 2 is 1.85 bits per heavy atom. The van der Waals surface area contributed by atoms with Gasteiger partial charge >= 0.3 is 5.69 Å². The molecule has 0 radical (unpaired) electrons. The van der Waals surface area contributed by atoms with Crippen molar-refractivity contribution >= 4 is 27.0 Å². The Balaban J connectivity index is 1.69. The smallest absolute Gasteiger partial charge is 0.323 e. The zero-order valence-electron chi connectivity index (χ0n) is 14.6. The third kappa shape index (κ3) is 3.81. The Morgan fingerprint density at radius 3 is 2.50 bits per heavy atom. The number of nitrogens with zero attached hydrogens (tertiary/aromatic N) is 2. The molecule has 1 atom stereocenters. The highest BCUT2D eigenvalue weighted by atomic mass is 32.2. The van der Waals surface area contributed by atoms with E-state index in [-0.39, 0.29) is 35.6 Å². The van der Waals surface area contributed by atoms with Gasteiger partial charge in [-0.2, -0.15) is 4.31 Å². The number of H-pyrrole nitrogens is 2. The highest BCUT2D eigenvalue weighted by molar-refractivity contribution is 7.89. The Labute approximate surface area is 151 Å². The molecule has 9 nitrogen and oxygen atoms in total. The first-order valence-corrected chi connectivity index (χ1v) is 9.97. The topological polar surface area (TPSA) is 132 Å². The number of fused-ring (bicyclic) bond motifs is 1. The van der Waals surface area contributed by atoms with E-state index in [1.54, 1.807) is 11.0 Å². The van der Waals surface area contributed by atoms with Crippen molar-refractivity contribution in [2.24, 2.45) is 5.73 Å². The number of hydrogen-bond acceptors (Lipinski definition) is 5. The van der Waals surface area contributed by atoms with E-state index in [2.05, 4.69) is 9.97 Å². The van der Waals surface area contributed by atoms with E-state index in [0.29, 0.717) is 37.0 Å². The van der Waals surface area contributed by atoms with Crippen LogP contribution in [-0.4, -0.2) is 65.7 Å². The van der Waals surface area contributed by atoms with Crippen molar-refractivity contribution in [3.8, 4) is 0 Å². The number of aromatic nitrogens is 2. The van der Waals surface area contributed by atoms with Gasteiger partial charge in [0.05, 0.1) is 15.9 Å². The number of piperazine rings is 1. The molecular formula is C16H23N5O4S. The molecule has 0 saturated carbocycles. The second-order valence-corrected chi connectivity index (χ2v) is 8.53. The standard InChI is InChI=1S/C16H23N5O4S/c1-11(17)2-5-15(22)20-6-8-21(9-7-20)26(24,25)12-3-4-13-14(10-12)19-16(23)18-13/h3-4,10-11H,2,5-9,17H2,1H3,(H2,18,19,23). The first-order valence-electron chi connectivity index (χ1n) is 8.53. The molecule has 2 aromatic rings. The second-order valence-electron chi connectivity index (χ2n) is 6.59. The summed E-state index contributed by atoms with van der Waals surface area (Å²) in [7, 11) is -3.68. The van der Waals surface area contributed by atoms with Crippen molar-refractivity contribution in [2.45, 2.75) is 30.7 Å². The average molecular weight is 381 g/mol. The number of benzene rings is 1. The number of imidazole rings is 1. The van der Waals surface area contributed by atoms with Gasteiger partial charge in [0.1, 0.15) is 0 Å². The van der Waals surface area contributed by atoms with Crippen LogP contribution in [-0.2, 0) is 14.8 Å². The van der Waals surface area contributed by atoms with Crippen molar-refractivity contribution in [3.63, 3.8) is 0 Å². The number of sulfonamides is 1. The van der Waals surface area contributed by atoms with Gasteiger partial charge in [0.2, 0.25) is 15.9 Å². The van der Waals surface area contributed by atoms with E-state index in [9.17, 15) is 18.0 Å². The molecule has 1 saturated heterocycles. The van der Waals surface area contributed by atoms with Crippen LogP contribution >= 0.6 is 0 Å². The lowest BCUT2D eigenvalue weighted by Crippen LogP contribution is -2.50. The summed E-state index contributed by atoms with van der Waals surface area (Å²) in [5.74, 6) is 0.00525. The van der Waals surface area contributed by atoms with Crippen LogP contribution in [0.15, 0.2) is 27.9 Å². The molecule has 1 aromatic heterocycles. The number of rotatable bonds is 5. The molecule has 3 rings (SSSR count). The third-order valence-corrected chi connectivity index (χ3v) is 6.42. The average Bonchev–Trinajstić information content (AvgIpc) is 2.98. The fraction of sp³-hybridized carbons (Fsp3) is 0.500. The maximum Gasteiger partial charge on any atom is 0.323 e. The molecule has 1 unspecified atom stereocenters. The molecule has 0 bridgehead atoms. The molecule has 10 heteroatoms. The van der Waals surface area contributed by atoms with Crippen LogP contribution in [0.1, 0.15) is 19.8 Å². The van der Waals surface area contributed by atoms with Crippen LogP contribution in [0.5, 0.6) is 0 Å². The van der Waals surface area contributed by atoms with Crippen LogP contribution < -0.4 is 11.4 Å². The van der Waals surface area contributed by atoms with Crippen molar-refractivity contribution < 1.29 is 13.2 Å². The first kappa shape index (κ1) is 18.6. The normalized spacial score (nSPS) is 17.5. The van der Waals surface area contributed by atoms with E-state index in [1.165, 1.54) is 16.4 Å². The van der Waals surface area contributed by atoms with Crippen molar-refractivity contribution in [1.29, 1.82) is 0 Å². The summed E-state index contributed by atoms with van der Waals surface area (Å²) in [6.45, 7) is 3.06. The molecule has 0 aliphatic carbocycles. The van der Waals surface area contributed by atoms with Crippen LogP contribution in [0, 0.1) is 0 Å². The molecule has 4 N–H and O–H groups in total. The Kier molecular flexibility index (Phi) is 5.17. The van der Waals surface area contributed by atoms with E-state index >= 15 is 0 Å². The number of carbonyl (C=O) groups excluding carboxylic acids is 1. The lowest BCUT2D eigenvalue weighted by molar-refractivity contribution is -0.132. The number of hydrogen-bond donors (Lipinski definition) is 3. The van der Waals surface area contributed by atoms with Crippen LogP contribution in [0.25, 0.3) is 11.0 Å². The van der Waals surface area contributed by atoms with E-state index in [4.69, 9.17) is 5.73 Å². The molecule has 1 aliphatic heterocycles. The van der Waals surface area contributed by atoms with Gasteiger partial charge in [0, 0.05) is 38.6 Å². The SMILES string of the molecule is CC(N)CCC(=O)N1CCN(S(=O)(=O)c2ccc3[nH]c(=O)[nH]c3c2)CC1. The van der Waals surface area contributed by atoms with Gasteiger partial charge in [-0.25, -0.2) is 13.2 Å². The summed E-state index contributed by atoms with van der Waals surface area (Å²) in [4.78, 5) is 30.4. The Hall–Kier alpha value is -2.17. The molecule has 142 valence electrons. The molecule has 2 heterocycles. The monoisotopic (exact) mass is 381 g/mol. The number of amides is 1. The fourth-order valence-corrected chi connectivity index (χ4v) is 4.46. The lowest BCUT2D eigenvalue weighted by atomic mass is 10.2. The van der Waals surface area contributed by atoms with Gasteiger partial charge in [-0.05, 0) is 31.5 Å². The molecule has 0 spiro atoms. The first-order chi connectivity index (χ1) is 12.3. The maximum atomic E-state index is 12.8. The van der Waals surface area contributed by atoms with Crippen molar-refractivity contribution in [3.05, 3.63) is 28.7 Å². The summed E-state index contributed by atoms with van der Waals surface area (Å²) < 4.78 is 27.0. The molecule has 1 amide bonds. The minimum Gasteiger partial charge on any atom is -0.340 e. The van der Waals surface area contributed by atoms with Gasteiger partial charge in [0.25, 0.3) is 0 Å². The maximum absolute atomic E-state index is 12.8. The summed E-state index contributed by atoms with van der Waals surface area (Å²) in [6.07, 6.45) is 0.994. The van der Waals surface area contributed by atoms with Gasteiger partial charge in [-0.3, -0.25) is 4.79 Å². The van der Waals surface area contributed by atoms with Crippen molar-refractivity contribution in [1.82, 2.24) is 19.2 Å². The van der Waals surface area contributed by atoms with Crippen LogP contribution in [0.4, 0.5) is 0 Å². The van der Waals surface area contributed by atoms with E-state index in [0.717, 1.165) is 0 Å². The zero-order valence-corrected chi connectivity index (χ0v) is 15.4. The predicted octanol–water partition coefficient (Wildman–Crippen LogP) is -0.183. The number of nitrogens with one attached hydrogen (secondary N) is 2. The molecule has 1 aromatic carbocycles. The Morgan fingerprint density at radius 1 is 1.19 bits per heavy atom. The zero-order chi connectivity index (χ0) is 18.9. The van der Waals surface area contributed by atoms with Crippen LogP contribution in [0.3, 0.4) is 0 Å². The fourth-order valence-electron chi connectivity index (χ4n) is 3.01. The number of carbonyl (C=O) groups is 1. The third-order valence-electron chi connectivity index (χ3n) is 4.53. The quantitative estimate of drug-likeness (QED) is 0.661. The minimum absolute atomic E-state index is 0.00525. The minimum atomic E-state index is -3.68. The second kappa shape index (κ2) is 7.22. The summed E-state index contributed by atoms with van der Waals surface area (Å²) in [5.41, 5.74) is 6.29. The Bertz CT molecular complexity index is 954. The highest BCUT2D eigenvalue weighted by Gasteiger charge is 2.30. The summed E-state index contributed by atoms with van der Waals surface area (Å²) >= 11 is 0. The predicted molar refractivity (Wildman–Crippen MR) is 97.1 cm³/mol. The summed E-state index contributed by atoms with van der Waals surface area (Å²) in [5, 5.41) is 0.